The van der Waals surface area contributed by atoms with Crippen molar-refractivity contribution < 1.29 is 17.9 Å². The number of aryl methyl sites for hydroxylation is 1. The lowest BCUT2D eigenvalue weighted by atomic mass is 10.1. The third-order valence-electron chi connectivity index (χ3n) is 3.96. The normalized spacial score (nSPS) is 12.8. The SMILES string of the molecule is CCc1cccc(N(C)c2nc(OC(C)CC)ncc2C(F)(F)F)c1. The second kappa shape index (κ2) is 7.72. The summed E-state index contributed by atoms with van der Waals surface area (Å²) in [7, 11) is 1.55. The van der Waals surface area contributed by atoms with Gasteiger partial charge in [-0.3, -0.25) is 0 Å². The van der Waals surface area contributed by atoms with Crippen molar-refractivity contribution in [1.29, 1.82) is 0 Å². The van der Waals surface area contributed by atoms with Gasteiger partial charge < -0.3 is 9.64 Å². The number of hydrogen-bond acceptors (Lipinski definition) is 4. The fraction of sp³-hybridized carbons (Fsp3) is 0.444. The molecule has 1 heterocycles. The topological polar surface area (TPSA) is 38.2 Å². The maximum atomic E-state index is 13.4. The number of halogens is 3. The van der Waals surface area contributed by atoms with Crippen LogP contribution in [0.2, 0.25) is 0 Å². The molecule has 0 amide bonds. The summed E-state index contributed by atoms with van der Waals surface area (Å²) in [4.78, 5) is 9.16. The molecule has 7 heteroatoms. The summed E-state index contributed by atoms with van der Waals surface area (Å²) in [6, 6.07) is 7.28. The van der Waals surface area contributed by atoms with Crippen molar-refractivity contribution in [1.82, 2.24) is 9.97 Å². The van der Waals surface area contributed by atoms with Crippen LogP contribution in [0.3, 0.4) is 0 Å². The lowest BCUT2D eigenvalue weighted by Gasteiger charge is -2.23. The highest BCUT2D eigenvalue weighted by Crippen LogP contribution is 2.37. The largest absolute Gasteiger partial charge is 0.460 e. The lowest BCUT2D eigenvalue weighted by molar-refractivity contribution is -0.137. The van der Waals surface area contributed by atoms with Gasteiger partial charge >= 0.3 is 12.2 Å². The van der Waals surface area contributed by atoms with Gasteiger partial charge in [-0.05, 0) is 37.5 Å². The van der Waals surface area contributed by atoms with Crippen molar-refractivity contribution in [2.24, 2.45) is 0 Å². The van der Waals surface area contributed by atoms with Crippen LogP contribution in [0.1, 0.15) is 38.3 Å². The predicted octanol–water partition coefficient (Wildman–Crippen LogP) is 5.00. The number of rotatable bonds is 6. The molecule has 0 N–H and O–H groups in total. The van der Waals surface area contributed by atoms with Crippen molar-refractivity contribution in [3.8, 4) is 6.01 Å². The molecule has 1 aromatic carbocycles. The first-order valence-electron chi connectivity index (χ1n) is 8.19. The molecule has 0 aliphatic heterocycles. The van der Waals surface area contributed by atoms with Crippen molar-refractivity contribution in [3.63, 3.8) is 0 Å². The second-order valence-electron chi connectivity index (χ2n) is 5.81. The Morgan fingerprint density at radius 2 is 1.96 bits per heavy atom. The quantitative estimate of drug-likeness (QED) is 0.732. The number of benzene rings is 1. The van der Waals surface area contributed by atoms with Crippen molar-refractivity contribution in [2.45, 2.75) is 45.9 Å². The van der Waals surface area contributed by atoms with E-state index in [1.165, 1.54) is 4.90 Å². The highest BCUT2D eigenvalue weighted by molar-refractivity contribution is 5.63. The van der Waals surface area contributed by atoms with Crippen LogP contribution in [0.25, 0.3) is 0 Å². The summed E-state index contributed by atoms with van der Waals surface area (Å²) in [5.41, 5.74) is 0.759. The maximum absolute atomic E-state index is 13.4. The van der Waals surface area contributed by atoms with Gasteiger partial charge in [0.2, 0.25) is 0 Å². The highest BCUT2D eigenvalue weighted by atomic mass is 19.4. The molecule has 0 saturated heterocycles. The van der Waals surface area contributed by atoms with Gasteiger partial charge in [0.25, 0.3) is 0 Å². The van der Waals surface area contributed by atoms with Crippen LogP contribution in [-0.2, 0) is 12.6 Å². The molecule has 25 heavy (non-hydrogen) atoms. The first-order valence-corrected chi connectivity index (χ1v) is 8.19. The summed E-state index contributed by atoms with van der Waals surface area (Å²) < 4.78 is 45.6. The van der Waals surface area contributed by atoms with Gasteiger partial charge in [0.1, 0.15) is 5.56 Å². The molecule has 0 spiro atoms. The third kappa shape index (κ3) is 4.61. The van der Waals surface area contributed by atoms with E-state index in [0.29, 0.717) is 12.1 Å². The van der Waals surface area contributed by atoms with Gasteiger partial charge in [0.15, 0.2) is 5.82 Å². The van der Waals surface area contributed by atoms with Crippen LogP contribution < -0.4 is 9.64 Å². The molecule has 4 nitrogen and oxygen atoms in total. The summed E-state index contributed by atoms with van der Waals surface area (Å²) in [5.74, 6) is -0.228. The van der Waals surface area contributed by atoms with Crippen LogP contribution in [-0.4, -0.2) is 23.1 Å². The van der Waals surface area contributed by atoms with Crippen molar-refractivity contribution in [2.75, 3.05) is 11.9 Å². The molecular weight excluding hydrogens is 331 g/mol. The van der Waals surface area contributed by atoms with E-state index in [9.17, 15) is 13.2 Å². The average molecular weight is 353 g/mol. The van der Waals surface area contributed by atoms with E-state index in [1.807, 2.05) is 39.0 Å². The molecule has 1 atom stereocenters. The molecule has 2 rings (SSSR count). The highest BCUT2D eigenvalue weighted by Gasteiger charge is 2.36. The Morgan fingerprint density at radius 1 is 1.24 bits per heavy atom. The zero-order valence-corrected chi connectivity index (χ0v) is 14.8. The Morgan fingerprint density at radius 3 is 2.56 bits per heavy atom. The Hall–Kier alpha value is -2.31. The Kier molecular flexibility index (Phi) is 5.87. The van der Waals surface area contributed by atoms with E-state index in [1.54, 1.807) is 13.1 Å². The van der Waals surface area contributed by atoms with Crippen LogP contribution in [0, 0.1) is 0 Å². The summed E-state index contributed by atoms with van der Waals surface area (Å²) in [6.45, 7) is 5.72. The van der Waals surface area contributed by atoms with Gasteiger partial charge in [-0.15, -0.1) is 0 Å². The molecule has 0 aliphatic carbocycles. The van der Waals surface area contributed by atoms with E-state index in [2.05, 4.69) is 9.97 Å². The average Bonchev–Trinajstić information content (AvgIpc) is 2.60. The third-order valence-corrected chi connectivity index (χ3v) is 3.96. The number of anilines is 2. The van der Waals surface area contributed by atoms with E-state index >= 15 is 0 Å². The van der Waals surface area contributed by atoms with Crippen LogP contribution in [0.4, 0.5) is 24.7 Å². The minimum atomic E-state index is -4.55. The van der Waals surface area contributed by atoms with E-state index in [-0.39, 0.29) is 17.9 Å². The minimum absolute atomic E-state index is 0.0594. The number of hydrogen-bond donors (Lipinski definition) is 0. The van der Waals surface area contributed by atoms with Crippen molar-refractivity contribution >= 4 is 11.5 Å². The van der Waals surface area contributed by atoms with E-state index < -0.39 is 11.7 Å². The van der Waals surface area contributed by atoms with Gasteiger partial charge in [0.05, 0.1) is 6.10 Å². The minimum Gasteiger partial charge on any atom is -0.460 e. The number of alkyl halides is 3. The molecular formula is C18H22F3N3O. The maximum Gasteiger partial charge on any atom is 0.421 e. The van der Waals surface area contributed by atoms with Crippen molar-refractivity contribution in [3.05, 3.63) is 41.6 Å². The number of ether oxygens (including phenoxy) is 1. The lowest BCUT2D eigenvalue weighted by Crippen LogP contribution is -2.20. The molecule has 136 valence electrons. The molecule has 1 unspecified atom stereocenters. The molecule has 0 bridgehead atoms. The summed E-state index contributed by atoms with van der Waals surface area (Å²) >= 11 is 0. The summed E-state index contributed by atoms with van der Waals surface area (Å²) in [6.07, 6.45) is -2.46. The molecule has 1 aromatic heterocycles. The van der Waals surface area contributed by atoms with Crippen LogP contribution >= 0.6 is 0 Å². The van der Waals surface area contributed by atoms with Crippen LogP contribution in [0.15, 0.2) is 30.5 Å². The number of aromatic nitrogens is 2. The van der Waals surface area contributed by atoms with Gasteiger partial charge in [-0.1, -0.05) is 26.0 Å². The summed E-state index contributed by atoms with van der Waals surface area (Å²) in [5, 5.41) is 0. The second-order valence-corrected chi connectivity index (χ2v) is 5.81. The van der Waals surface area contributed by atoms with Gasteiger partial charge in [-0.25, -0.2) is 4.98 Å². The Bertz CT molecular complexity index is 719. The van der Waals surface area contributed by atoms with Crippen LogP contribution in [0.5, 0.6) is 6.01 Å². The fourth-order valence-corrected chi connectivity index (χ4v) is 2.24. The monoisotopic (exact) mass is 353 g/mol. The van der Waals surface area contributed by atoms with E-state index in [4.69, 9.17) is 4.74 Å². The molecule has 0 aliphatic rings. The first-order chi connectivity index (χ1) is 11.8. The molecule has 0 saturated carbocycles. The standard InChI is InChI=1S/C18H22F3N3O/c1-5-12(3)25-17-22-11-15(18(19,20)21)16(23-17)24(4)14-9-7-8-13(6-2)10-14/h7-12H,5-6H2,1-4H3. The Labute approximate surface area is 145 Å². The molecule has 0 radical (unpaired) electrons. The molecule has 2 aromatic rings. The molecule has 0 fully saturated rings. The fourth-order valence-electron chi connectivity index (χ4n) is 2.24. The zero-order chi connectivity index (χ0) is 18.6. The van der Waals surface area contributed by atoms with Gasteiger partial charge in [0, 0.05) is 18.9 Å². The van der Waals surface area contributed by atoms with E-state index in [0.717, 1.165) is 18.2 Å². The number of nitrogens with zero attached hydrogens (tertiary/aromatic N) is 3. The van der Waals surface area contributed by atoms with Gasteiger partial charge in [-0.2, -0.15) is 18.2 Å². The Balaban J connectivity index is 2.48. The predicted molar refractivity (Wildman–Crippen MR) is 91.3 cm³/mol. The smallest absolute Gasteiger partial charge is 0.421 e. The first kappa shape index (κ1) is 19.0. The zero-order valence-electron chi connectivity index (χ0n) is 14.8.